The minimum Gasteiger partial charge on any atom is -0.355 e. The van der Waals surface area contributed by atoms with Gasteiger partial charge in [-0.25, -0.2) is 0 Å². The second kappa shape index (κ2) is 5.85. The van der Waals surface area contributed by atoms with Crippen molar-refractivity contribution in [2.45, 2.75) is 0 Å². The van der Waals surface area contributed by atoms with Crippen molar-refractivity contribution >= 4 is 23.0 Å². The van der Waals surface area contributed by atoms with Crippen LogP contribution in [0.5, 0.6) is 0 Å². The summed E-state index contributed by atoms with van der Waals surface area (Å²) in [7, 11) is 0. The third-order valence-electron chi connectivity index (χ3n) is 4.33. The Hall–Kier alpha value is -2.66. The fourth-order valence-electron chi connectivity index (χ4n) is 3.29. The third-order valence-corrected chi connectivity index (χ3v) is 4.33. The van der Waals surface area contributed by atoms with E-state index >= 15 is 0 Å². The van der Waals surface area contributed by atoms with Crippen LogP contribution >= 0.6 is 0 Å². The maximum atomic E-state index is 11.9. The SMILES string of the molecule is O=Cc1c(N2CCNCC2)n(-c2ccccc2)c2cnccc12. The van der Waals surface area contributed by atoms with E-state index in [0.29, 0.717) is 0 Å². The first-order valence-corrected chi connectivity index (χ1v) is 7.85. The number of piperazine rings is 1. The van der Waals surface area contributed by atoms with Gasteiger partial charge in [0.25, 0.3) is 0 Å². The molecule has 4 rings (SSSR count). The van der Waals surface area contributed by atoms with Gasteiger partial charge in [-0.2, -0.15) is 0 Å². The maximum Gasteiger partial charge on any atom is 0.154 e. The van der Waals surface area contributed by atoms with Crippen LogP contribution in [0.15, 0.2) is 48.8 Å². The highest BCUT2D eigenvalue weighted by Crippen LogP contribution is 2.34. The lowest BCUT2D eigenvalue weighted by molar-refractivity contribution is 0.112. The van der Waals surface area contributed by atoms with Crippen molar-refractivity contribution in [2.75, 3.05) is 31.1 Å². The molecule has 0 unspecified atom stereocenters. The molecular formula is C18H18N4O. The predicted molar refractivity (Wildman–Crippen MR) is 91.5 cm³/mol. The molecule has 1 saturated heterocycles. The van der Waals surface area contributed by atoms with Crippen LogP contribution in [-0.2, 0) is 0 Å². The molecule has 0 radical (unpaired) electrons. The Morgan fingerprint density at radius 3 is 2.61 bits per heavy atom. The summed E-state index contributed by atoms with van der Waals surface area (Å²) in [5.41, 5.74) is 2.76. The van der Waals surface area contributed by atoms with Crippen molar-refractivity contribution in [1.29, 1.82) is 0 Å². The van der Waals surface area contributed by atoms with Gasteiger partial charge in [-0.15, -0.1) is 0 Å². The normalized spacial score (nSPS) is 15.0. The molecule has 5 nitrogen and oxygen atoms in total. The highest BCUT2D eigenvalue weighted by molar-refractivity contribution is 6.04. The summed E-state index contributed by atoms with van der Waals surface area (Å²) in [5.74, 6) is 0.968. The fourth-order valence-corrected chi connectivity index (χ4v) is 3.29. The van der Waals surface area contributed by atoms with E-state index in [0.717, 1.165) is 60.4 Å². The highest BCUT2D eigenvalue weighted by Gasteiger charge is 2.23. The second-order valence-electron chi connectivity index (χ2n) is 5.66. The number of aromatic nitrogens is 2. The van der Waals surface area contributed by atoms with E-state index in [2.05, 4.69) is 31.9 Å². The third kappa shape index (κ3) is 2.29. The smallest absolute Gasteiger partial charge is 0.154 e. The Kier molecular flexibility index (Phi) is 3.55. The van der Waals surface area contributed by atoms with Gasteiger partial charge in [0.15, 0.2) is 6.29 Å². The zero-order chi connectivity index (χ0) is 15.6. The average molecular weight is 306 g/mol. The van der Waals surface area contributed by atoms with Crippen molar-refractivity contribution in [2.24, 2.45) is 0 Å². The minimum absolute atomic E-state index is 0.744. The lowest BCUT2D eigenvalue weighted by Gasteiger charge is -2.31. The average Bonchev–Trinajstić information content (AvgIpc) is 2.97. The van der Waals surface area contributed by atoms with E-state index in [1.807, 2.05) is 30.5 Å². The van der Waals surface area contributed by atoms with Gasteiger partial charge < -0.3 is 10.2 Å². The first-order valence-electron chi connectivity index (χ1n) is 7.85. The van der Waals surface area contributed by atoms with Gasteiger partial charge in [0, 0.05) is 43.4 Å². The van der Waals surface area contributed by atoms with Crippen molar-refractivity contribution in [3.8, 4) is 5.69 Å². The Balaban J connectivity index is 2.03. The lowest BCUT2D eigenvalue weighted by Crippen LogP contribution is -2.44. The molecule has 0 spiro atoms. The summed E-state index contributed by atoms with van der Waals surface area (Å²) < 4.78 is 2.15. The van der Waals surface area contributed by atoms with Crippen LogP contribution in [0.4, 0.5) is 5.82 Å². The molecule has 5 heteroatoms. The predicted octanol–water partition coefficient (Wildman–Crippen LogP) is 2.25. The minimum atomic E-state index is 0.744. The molecular weight excluding hydrogens is 288 g/mol. The quantitative estimate of drug-likeness (QED) is 0.754. The summed E-state index contributed by atoms with van der Waals surface area (Å²) in [6.45, 7) is 3.62. The van der Waals surface area contributed by atoms with Gasteiger partial charge in [-0.3, -0.25) is 14.3 Å². The van der Waals surface area contributed by atoms with Crippen molar-refractivity contribution in [3.63, 3.8) is 0 Å². The molecule has 1 N–H and O–H groups in total. The second-order valence-corrected chi connectivity index (χ2v) is 5.66. The number of hydrogen-bond donors (Lipinski definition) is 1. The van der Waals surface area contributed by atoms with Crippen molar-refractivity contribution in [1.82, 2.24) is 14.9 Å². The highest BCUT2D eigenvalue weighted by atomic mass is 16.1. The maximum absolute atomic E-state index is 11.9. The fraction of sp³-hybridized carbons (Fsp3) is 0.222. The molecule has 1 aliphatic heterocycles. The molecule has 116 valence electrons. The van der Waals surface area contributed by atoms with Crippen LogP contribution in [0.1, 0.15) is 10.4 Å². The number of fused-ring (bicyclic) bond motifs is 1. The molecule has 0 saturated carbocycles. The molecule has 0 atom stereocenters. The number of para-hydroxylation sites is 1. The standard InChI is InChI=1S/C18H18N4O/c23-13-16-15-6-7-20-12-17(15)22(14-4-2-1-3-5-14)18(16)21-10-8-19-9-11-21/h1-7,12-13,19H,8-11H2. The molecule has 0 bridgehead atoms. The topological polar surface area (TPSA) is 50.2 Å². The number of carbonyl (C=O) groups is 1. The van der Waals surface area contributed by atoms with Gasteiger partial charge in [0.05, 0.1) is 17.3 Å². The number of nitrogens with zero attached hydrogens (tertiary/aromatic N) is 3. The van der Waals surface area contributed by atoms with Gasteiger partial charge in [-0.05, 0) is 18.2 Å². The van der Waals surface area contributed by atoms with Crippen molar-refractivity contribution < 1.29 is 4.79 Å². The van der Waals surface area contributed by atoms with Crippen LogP contribution in [0, 0.1) is 0 Å². The van der Waals surface area contributed by atoms with Gasteiger partial charge in [-0.1, -0.05) is 18.2 Å². The van der Waals surface area contributed by atoms with Crippen LogP contribution in [-0.4, -0.2) is 42.0 Å². The van der Waals surface area contributed by atoms with Gasteiger partial charge in [0.2, 0.25) is 0 Å². The lowest BCUT2D eigenvalue weighted by atomic mass is 10.2. The number of carbonyl (C=O) groups excluding carboxylic acids is 1. The summed E-state index contributed by atoms with van der Waals surface area (Å²) >= 11 is 0. The number of rotatable bonds is 3. The van der Waals surface area contributed by atoms with E-state index < -0.39 is 0 Å². The largest absolute Gasteiger partial charge is 0.355 e. The number of pyridine rings is 1. The van der Waals surface area contributed by atoms with E-state index in [1.54, 1.807) is 6.20 Å². The first kappa shape index (κ1) is 14.0. The summed E-state index contributed by atoms with van der Waals surface area (Å²) in [5, 5.41) is 4.31. The van der Waals surface area contributed by atoms with Gasteiger partial charge in [0.1, 0.15) is 5.82 Å². The molecule has 2 aromatic heterocycles. The van der Waals surface area contributed by atoms with Crippen molar-refractivity contribution in [3.05, 3.63) is 54.4 Å². The molecule has 0 aliphatic carbocycles. The number of nitrogens with one attached hydrogen (secondary N) is 1. The number of benzene rings is 1. The Morgan fingerprint density at radius 1 is 1.09 bits per heavy atom. The van der Waals surface area contributed by atoms with E-state index in [1.165, 1.54) is 0 Å². The van der Waals surface area contributed by atoms with E-state index in [-0.39, 0.29) is 0 Å². The molecule has 23 heavy (non-hydrogen) atoms. The Morgan fingerprint density at radius 2 is 1.87 bits per heavy atom. The zero-order valence-electron chi connectivity index (χ0n) is 12.8. The Bertz CT molecular complexity index is 835. The summed E-state index contributed by atoms with van der Waals surface area (Å²) in [6.07, 6.45) is 4.55. The number of aldehydes is 1. The van der Waals surface area contributed by atoms with Crippen LogP contribution in [0.25, 0.3) is 16.6 Å². The van der Waals surface area contributed by atoms with Crippen LogP contribution in [0.2, 0.25) is 0 Å². The Labute approximate surface area is 134 Å². The van der Waals surface area contributed by atoms with E-state index in [9.17, 15) is 4.79 Å². The van der Waals surface area contributed by atoms with E-state index in [4.69, 9.17) is 0 Å². The summed E-state index contributed by atoms with van der Waals surface area (Å²) in [6, 6.07) is 12.1. The number of hydrogen-bond acceptors (Lipinski definition) is 4. The summed E-state index contributed by atoms with van der Waals surface area (Å²) in [4.78, 5) is 18.4. The first-order chi connectivity index (χ1) is 11.4. The molecule has 1 aliphatic rings. The molecule has 3 heterocycles. The van der Waals surface area contributed by atoms with Gasteiger partial charge >= 0.3 is 0 Å². The monoisotopic (exact) mass is 306 g/mol. The number of anilines is 1. The molecule has 1 aromatic carbocycles. The molecule has 1 fully saturated rings. The molecule has 0 amide bonds. The van der Waals surface area contributed by atoms with Crippen LogP contribution in [0.3, 0.4) is 0 Å². The van der Waals surface area contributed by atoms with Crippen LogP contribution < -0.4 is 10.2 Å². The zero-order valence-corrected chi connectivity index (χ0v) is 12.8. The molecule has 3 aromatic rings.